The number of fused-ring (bicyclic) bond motifs is 1. The summed E-state index contributed by atoms with van der Waals surface area (Å²) in [5.74, 6) is -3.13. The van der Waals surface area contributed by atoms with Gasteiger partial charge in [-0.05, 0) is 43.2 Å². The van der Waals surface area contributed by atoms with E-state index >= 15 is 0 Å². The highest BCUT2D eigenvalue weighted by Gasteiger charge is 2.40. The standard InChI is InChI=1S/C26H22N4O9S/c1-3-38-25(32)20-19(15-7-11-17(12-8-15)30(36)37)21(26(33)39-4-2)24-28(22(20)27)23(31)18(40-24)13-14-5-9-16(10-6-14)29(34)35/h5-13,19H,3-4,27H2,1-2H3/b18-13-/t19-/m1/s1. The number of nitro groups is 2. The maximum absolute atomic E-state index is 13.5. The molecule has 0 unspecified atom stereocenters. The van der Waals surface area contributed by atoms with Crippen molar-refractivity contribution in [3.8, 4) is 0 Å². The fourth-order valence-electron chi connectivity index (χ4n) is 4.23. The zero-order valence-electron chi connectivity index (χ0n) is 21.2. The Hall–Kier alpha value is -5.11. The molecule has 0 aliphatic carbocycles. The molecule has 2 heterocycles. The molecule has 0 radical (unpaired) electrons. The van der Waals surface area contributed by atoms with Crippen LogP contribution >= 0.6 is 11.3 Å². The van der Waals surface area contributed by atoms with Gasteiger partial charge in [0.2, 0.25) is 0 Å². The number of nitrogens with two attached hydrogens (primary N) is 1. The van der Waals surface area contributed by atoms with E-state index in [0.717, 1.165) is 15.9 Å². The molecule has 40 heavy (non-hydrogen) atoms. The highest BCUT2D eigenvalue weighted by Crippen LogP contribution is 2.38. The number of benzene rings is 2. The lowest BCUT2D eigenvalue weighted by atomic mass is 9.83. The van der Waals surface area contributed by atoms with Crippen LogP contribution in [0, 0.1) is 20.2 Å². The van der Waals surface area contributed by atoms with Crippen LogP contribution < -0.4 is 20.5 Å². The minimum atomic E-state index is -1.16. The topological polar surface area (TPSA) is 187 Å². The van der Waals surface area contributed by atoms with Crippen LogP contribution in [-0.2, 0) is 19.1 Å². The van der Waals surface area contributed by atoms with E-state index in [-0.39, 0.29) is 50.8 Å². The number of carbonyl (C=O) groups excluding carboxylic acids is 2. The van der Waals surface area contributed by atoms with Crippen molar-refractivity contribution in [3.05, 3.63) is 105 Å². The van der Waals surface area contributed by atoms with Crippen molar-refractivity contribution in [2.24, 2.45) is 5.73 Å². The number of nitrogens with zero attached hydrogens (tertiary/aromatic N) is 3. The van der Waals surface area contributed by atoms with Gasteiger partial charge in [0.05, 0.1) is 44.7 Å². The number of hydrogen-bond acceptors (Lipinski definition) is 11. The molecule has 0 saturated carbocycles. The molecule has 13 nitrogen and oxygen atoms in total. The van der Waals surface area contributed by atoms with Crippen LogP contribution in [0.2, 0.25) is 0 Å². The van der Waals surface area contributed by atoms with Crippen molar-refractivity contribution in [2.75, 3.05) is 13.2 Å². The fraction of sp³-hybridized carbons (Fsp3) is 0.192. The summed E-state index contributed by atoms with van der Waals surface area (Å²) >= 11 is 0.916. The second-order valence-corrected chi connectivity index (χ2v) is 9.37. The molecule has 3 aromatic rings. The van der Waals surface area contributed by atoms with Gasteiger partial charge >= 0.3 is 11.9 Å². The molecule has 1 aliphatic heterocycles. The summed E-state index contributed by atoms with van der Waals surface area (Å²) in [6, 6.07) is 10.7. The second-order valence-electron chi connectivity index (χ2n) is 8.34. The van der Waals surface area contributed by atoms with Gasteiger partial charge < -0.3 is 15.2 Å². The number of non-ortho nitro benzene ring substituents is 2. The lowest BCUT2D eigenvalue weighted by Gasteiger charge is -2.27. The monoisotopic (exact) mass is 566 g/mol. The van der Waals surface area contributed by atoms with E-state index < -0.39 is 33.3 Å². The zero-order chi connectivity index (χ0) is 29.1. The fourth-order valence-corrected chi connectivity index (χ4v) is 5.39. The first-order valence-corrected chi connectivity index (χ1v) is 12.7. The molecular weight excluding hydrogens is 544 g/mol. The Morgan fingerprint density at radius 1 is 0.925 bits per heavy atom. The van der Waals surface area contributed by atoms with Gasteiger partial charge in [0.15, 0.2) is 0 Å². The largest absolute Gasteiger partial charge is 0.463 e. The van der Waals surface area contributed by atoms with E-state index in [1.165, 1.54) is 54.6 Å². The Kier molecular flexibility index (Phi) is 7.90. The molecule has 2 aromatic carbocycles. The summed E-state index contributed by atoms with van der Waals surface area (Å²) in [5, 5.41) is 22.2. The average Bonchev–Trinajstić information content (AvgIpc) is 3.24. The van der Waals surface area contributed by atoms with E-state index in [1.807, 2.05) is 0 Å². The Bertz CT molecular complexity index is 1740. The molecule has 4 rings (SSSR count). The lowest BCUT2D eigenvalue weighted by Crippen LogP contribution is -2.42. The van der Waals surface area contributed by atoms with Crippen LogP contribution in [0.15, 0.2) is 58.9 Å². The number of rotatable bonds is 8. The van der Waals surface area contributed by atoms with Crippen molar-refractivity contribution in [1.82, 2.24) is 4.57 Å². The van der Waals surface area contributed by atoms with Crippen molar-refractivity contribution in [1.29, 1.82) is 0 Å². The molecule has 0 spiro atoms. The van der Waals surface area contributed by atoms with Gasteiger partial charge in [-0.3, -0.25) is 29.6 Å². The highest BCUT2D eigenvalue weighted by molar-refractivity contribution is 7.07. The smallest absolute Gasteiger partial charge is 0.338 e. The maximum Gasteiger partial charge on any atom is 0.338 e. The van der Waals surface area contributed by atoms with E-state index in [4.69, 9.17) is 15.2 Å². The first-order chi connectivity index (χ1) is 19.1. The van der Waals surface area contributed by atoms with Gasteiger partial charge in [0, 0.05) is 24.3 Å². The van der Waals surface area contributed by atoms with E-state index in [0.29, 0.717) is 11.1 Å². The van der Waals surface area contributed by atoms with Gasteiger partial charge in [0.25, 0.3) is 16.9 Å². The summed E-state index contributed by atoms with van der Waals surface area (Å²) in [6.45, 7) is 3.13. The molecular formula is C26H22N4O9S. The number of aromatic nitrogens is 1. The molecule has 1 atom stereocenters. The minimum Gasteiger partial charge on any atom is -0.463 e. The molecule has 0 saturated heterocycles. The van der Waals surface area contributed by atoms with Crippen LogP contribution in [0.4, 0.5) is 11.4 Å². The molecule has 0 bridgehead atoms. The quantitative estimate of drug-likeness (QED) is 0.239. The predicted octanol–water partition coefficient (Wildman–Crippen LogP) is 1.76. The first kappa shape index (κ1) is 27.9. The first-order valence-electron chi connectivity index (χ1n) is 11.9. The summed E-state index contributed by atoms with van der Waals surface area (Å²) in [4.78, 5) is 61.2. The summed E-state index contributed by atoms with van der Waals surface area (Å²) in [7, 11) is 0. The zero-order valence-corrected chi connectivity index (χ0v) is 22.0. The number of esters is 2. The molecule has 2 N–H and O–H groups in total. The Morgan fingerprint density at radius 2 is 1.43 bits per heavy atom. The Balaban J connectivity index is 2.06. The number of thiazole rings is 1. The maximum atomic E-state index is 13.5. The average molecular weight is 567 g/mol. The molecule has 0 fully saturated rings. The number of ether oxygens (including phenoxy) is 2. The third-order valence-electron chi connectivity index (χ3n) is 5.98. The van der Waals surface area contributed by atoms with Crippen LogP contribution in [0.3, 0.4) is 0 Å². The molecule has 1 aromatic heterocycles. The third kappa shape index (κ3) is 5.11. The van der Waals surface area contributed by atoms with Crippen molar-refractivity contribution < 1.29 is 28.9 Å². The van der Waals surface area contributed by atoms with Crippen LogP contribution in [0.5, 0.6) is 0 Å². The van der Waals surface area contributed by atoms with Crippen molar-refractivity contribution in [3.63, 3.8) is 0 Å². The number of carbonyl (C=O) groups is 2. The van der Waals surface area contributed by atoms with Crippen LogP contribution in [-0.4, -0.2) is 39.6 Å². The van der Waals surface area contributed by atoms with Gasteiger partial charge in [-0.25, -0.2) is 9.59 Å². The summed E-state index contributed by atoms with van der Waals surface area (Å²) in [5.41, 5.74) is 5.95. The Labute approximate surface area is 229 Å². The second kappa shape index (κ2) is 11.3. The lowest BCUT2D eigenvalue weighted by molar-refractivity contribution is -0.385. The SMILES string of the molecule is CCOC(=O)C1=C(N)n2c(s/c(=C\c3ccc([N+](=O)[O-])cc3)c2=O)=C(C(=O)OCC)[C@@H]1c1ccc([N+](=O)[O-])cc1. The van der Waals surface area contributed by atoms with E-state index in [1.54, 1.807) is 13.8 Å². The van der Waals surface area contributed by atoms with Crippen LogP contribution in [0.1, 0.15) is 30.9 Å². The highest BCUT2D eigenvalue weighted by atomic mass is 32.1. The summed E-state index contributed by atoms with van der Waals surface area (Å²) < 4.78 is 11.8. The summed E-state index contributed by atoms with van der Waals surface area (Å²) in [6.07, 6.45) is 1.48. The third-order valence-corrected chi connectivity index (χ3v) is 7.09. The van der Waals surface area contributed by atoms with Crippen molar-refractivity contribution >= 4 is 52.1 Å². The number of hydrogen-bond donors (Lipinski definition) is 1. The van der Waals surface area contributed by atoms with Gasteiger partial charge in [0.1, 0.15) is 10.5 Å². The molecule has 206 valence electrons. The molecule has 0 amide bonds. The van der Waals surface area contributed by atoms with E-state index in [2.05, 4.69) is 0 Å². The normalized spacial score (nSPS) is 15.0. The predicted molar refractivity (Wildman–Crippen MR) is 144 cm³/mol. The Morgan fingerprint density at radius 3 is 1.93 bits per heavy atom. The van der Waals surface area contributed by atoms with E-state index in [9.17, 15) is 34.6 Å². The van der Waals surface area contributed by atoms with Crippen molar-refractivity contribution in [2.45, 2.75) is 19.8 Å². The minimum absolute atomic E-state index is 0.0133. The molecule has 1 aliphatic rings. The van der Waals surface area contributed by atoms with Gasteiger partial charge in [-0.2, -0.15) is 0 Å². The van der Waals surface area contributed by atoms with Gasteiger partial charge in [-0.1, -0.05) is 12.1 Å². The van der Waals surface area contributed by atoms with Crippen LogP contribution in [0.25, 0.3) is 17.5 Å². The number of nitro benzene ring substituents is 2. The van der Waals surface area contributed by atoms with Gasteiger partial charge in [-0.15, -0.1) is 11.3 Å². The molecule has 14 heteroatoms.